The number of rotatable bonds is 4. The van der Waals surface area contributed by atoms with Crippen LogP contribution < -0.4 is 20.3 Å². The number of ether oxygens (including phenoxy) is 2. The zero-order valence-electron chi connectivity index (χ0n) is 14.0. The van der Waals surface area contributed by atoms with Gasteiger partial charge >= 0.3 is 0 Å². The van der Waals surface area contributed by atoms with Crippen molar-refractivity contribution in [3.8, 4) is 11.5 Å². The molecule has 2 amide bonds. The fourth-order valence-corrected chi connectivity index (χ4v) is 2.71. The Morgan fingerprint density at radius 2 is 1.85 bits per heavy atom. The van der Waals surface area contributed by atoms with Crippen molar-refractivity contribution in [2.24, 2.45) is 0 Å². The molecule has 0 fully saturated rings. The van der Waals surface area contributed by atoms with Crippen LogP contribution in [-0.4, -0.2) is 25.0 Å². The summed E-state index contributed by atoms with van der Waals surface area (Å²) in [6.07, 6.45) is 1.72. The van der Waals surface area contributed by atoms with Crippen LogP contribution in [0.4, 0.5) is 0 Å². The monoisotopic (exact) mass is 416 g/mol. The van der Waals surface area contributed by atoms with Gasteiger partial charge in [0.25, 0.3) is 11.8 Å². The molecule has 0 atom stereocenters. The average Bonchev–Trinajstić information content (AvgIpc) is 2.66. The van der Waals surface area contributed by atoms with Crippen molar-refractivity contribution in [2.45, 2.75) is 6.92 Å². The van der Waals surface area contributed by atoms with Crippen LogP contribution in [0.2, 0.25) is 0 Å². The second-order valence-electron chi connectivity index (χ2n) is 5.48. The van der Waals surface area contributed by atoms with Gasteiger partial charge < -0.3 is 9.47 Å². The highest BCUT2D eigenvalue weighted by atomic mass is 79.9. The van der Waals surface area contributed by atoms with E-state index in [1.54, 1.807) is 30.3 Å². The zero-order valence-corrected chi connectivity index (χ0v) is 15.6. The smallest absolute Gasteiger partial charge is 0.269 e. The number of hydrogen-bond acceptors (Lipinski definition) is 4. The lowest BCUT2D eigenvalue weighted by molar-refractivity contribution is -0.118. The molecule has 0 radical (unpaired) electrons. The molecule has 1 aliphatic heterocycles. The molecule has 6 nitrogen and oxygen atoms in total. The molecule has 0 saturated heterocycles. The molecule has 2 aromatic rings. The van der Waals surface area contributed by atoms with Crippen molar-refractivity contribution in [1.29, 1.82) is 0 Å². The number of benzene rings is 2. The number of fused-ring (bicyclic) bond motifs is 1. The molecule has 0 unspecified atom stereocenters. The normalized spacial score (nSPS) is 12.3. The number of carbonyl (C=O) groups is 2. The number of hydrazine groups is 1. The minimum absolute atomic E-state index is 0.0943. The number of nitrogens with one attached hydrogen (secondary N) is 2. The molecule has 0 saturated carbocycles. The van der Waals surface area contributed by atoms with Gasteiger partial charge in [0, 0.05) is 15.6 Å². The van der Waals surface area contributed by atoms with E-state index in [-0.39, 0.29) is 6.61 Å². The first-order valence-corrected chi connectivity index (χ1v) is 8.83. The largest absolute Gasteiger partial charge is 0.490 e. The summed E-state index contributed by atoms with van der Waals surface area (Å²) >= 11 is 3.31. The lowest BCUT2D eigenvalue weighted by Gasteiger charge is -2.20. The Kier molecular flexibility index (Phi) is 5.58. The van der Waals surface area contributed by atoms with Gasteiger partial charge in [0.05, 0.1) is 12.2 Å². The first kappa shape index (κ1) is 18.0. The van der Waals surface area contributed by atoms with Crippen LogP contribution in [0.5, 0.6) is 11.5 Å². The van der Waals surface area contributed by atoms with Gasteiger partial charge in [0.2, 0.25) is 0 Å². The summed E-state index contributed by atoms with van der Waals surface area (Å²) in [6, 6.07) is 12.3. The van der Waals surface area contributed by atoms with Crippen LogP contribution in [0.25, 0.3) is 6.08 Å². The van der Waals surface area contributed by atoms with Crippen LogP contribution in [0, 0.1) is 0 Å². The molecule has 0 spiro atoms. The highest BCUT2D eigenvalue weighted by molar-refractivity contribution is 9.10. The number of para-hydroxylation sites is 1. The Labute approximate surface area is 159 Å². The second-order valence-corrected chi connectivity index (χ2v) is 6.40. The van der Waals surface area contributed by atoms with Gasteiger partial charge in [0.1, 0.15) is 6.61 Å². The molecule has 3 rings (SSSR count). The van der Waals surface area contributed by atoms with Crippen molar-refractivity contribution in [2.75, 3.05) is 13.2 Å². The highest BCUT2D eigenvalue weighted by Gasteiger charge is 2.20. The molecule has 134 valence electrons. The summed E-state index contributed by atoms with van der Waals surface area (Å²) in [5.74, 6) is 0.430. The lowest BCUT2D eigenvalue weighted by atomic mass is 10.1. The van der Waals surface area contributed by atoms with E-state index in [0.29, 0.717) is 29.2 Å². The molecule has 1 aliphatic rings. The molecule has 0 aliphatic carbocycles. The predicted molar refractivity (Wildman–Crippen MR) is 101 cm³/mol. The van der Waals surface area contributed by atoms with Crippen LogP contribution >= 0.6 is 15.9 Å². The van der Waals surface area contributed by atoms with Crippen LogP contribution in [0.1, 0.15) is 22.8 Å². The van der Waals surface area contributed by atoms with Crippen molar-refractivity contribution in [3.63, 3.8) is 0 Å². The summed E-state index contributed by atoms with van der Waals surface area (Å²) in [4.78, 5) is 24.3. The van der Waals surface area contributed by atoms with Gasteiger partial charge in [-0.05, 0) is 43.3 Å². The van der Waals surface area contributed by atoms with E-state index in [1.807, 2.05) is 25.1 Å². The molecule has 2 N–H and O–H groups in total. The lowest BCUT2D eigenvalue weighted by Crippen LogP contribution is -2.43. The van der Waals surface area contributed by atoms with Gasteiger partial charge in [-0.2, -0.15) is 0 Å². The Balaban J connectivity index is 1.66. The van der Waals surface area contributed by atoms with Crippen molar-refractivity contribution < 1.29 is 19.1 Å². The van der Waals surface area contributed by atoms with Gasteiger partial charge in [-0.3, -0.25) is 20.4 Å². The van der Waals surface area contributed by atoms with Gasteiger partial charge in [-0.1, -0.05) is 28.1 Å². The topological polar surface area (TPSA) is 76.7 Å². The maximum Gasteiger partial charge on any atom is 0.269 e. The van der Waals surface area contributed by atoms with E-state index in [9.17, 15) is 9.59 Å². The number of hydrogen-bond donors (Lipinski definition) is 2. The van der Waals surface area contributed by atoms with E-state index < -0.39 is 11.8 Å². The van der Waals surface area contributed by atoms with Crippen LogP contribution in [-0.2, 0) is 4.79 Å². The molecule has 7 heteroatoms. The standard InChI is InChI=1S/C19H17BrN2O4/c1-2-25-16-5-3-4-13-10-14(11-26-17(13)16)19(24)22-21-18(23)12-6-8-15(20)9-7-12/h3-10H,2,11H2,1H3,(H,21,23)(H,22,24). The summed E-state index contributed by atoms with van der Waals surface area (Å²) in [5.41, 5.74) is 6.40. The van der Waals surface area contributed by atoms with Crippen molar-refractivity contribution >= 4 is 33.8 Å². The summed E-state index contributed by atoms with van der Waals surface area (Å²) in [6.45, 7) is 2.51. The Hall–Kier alpha value is -2.80. The fraction of sp³-hybridized carbons (Fsp3) is 0.158. The summed E-state index contributed by atoms with van der Waals surface area (Å²) in [7, 11) is 0. The first-order valence-electron chi connectivity index (χ1n) is 8.04. The van der Waals surface area contributed by atoms with Crippen molar-refractivity contribution in [3.05, 3.63) is 63.6 Å². The molecule has 0 bridgehead atoms. The Morgan fingerprint density at radius 3 is 2.58 bits per heavy atom. The summed E-state index contributed by atoms with van der Waals surface area (Å²) in [5, 5.41) is 0. The van der Waals surface area contributed by atoms with Gasteiger partial charge in [-0.25, -0.2) is 0 Å². The van der Waals surface area contributed by atoms with Crippen molar-refractivity contribution in [1.82, 2.24) is 10.9 Å². The molecular weight excluding hydrogens is 400 g/mol. The third-order valence-electron chi connectivity index (χ3n) is 3.70. The van der Waals surface area contributed by atoms with Gasteiger partial charge in [-0.15, -0.1) is 0 Å². The Bertz CT molecular complexity index is 862. The average molecular weight is 417 g/mol. The zero-order chi connectivity index (χ0) is 18.5. The third kappa shape index (κ3) is 4.05. The quantitative estimate of drug-likeness (QED) is 0.750. The molecular formula is C19H17BrN2O4. The van der Waals surface area contributed by atoms with E-state index in [4.69, 9.17) is 9.47 Å². The summed E-state index contributed by atoms with van der Waals surface area (Å²) < 4.78 is 12.1. The minimum atomic E-state index is -0.428. The van der Waals surface area contributed by atoms with E-state index in [1.165, 1.54) is 0 Å². The minimum Gasteiger partial charge on any atom is -0.490 e. The maximum absolute atomic E-state index is 12.3. The number of halogens is 1. The number of amides is 2. The predicted octanol–water partition coefficient (Wildman–Crippen LogP) is 3.08. The molecule has 1 heterocycles. The number of carbonyl (C=O) groups excluding carboxylic acids is 2. The van der Waals surface area contributed by atoms with Crippen LogP contribution in [0.3, 0.4) is 0 Å². The fourth-order valence-electron chi connectivity index (χ4n) is 2.45. The maximum atomic E-state index is 12.3. The molecule has 26 heavy (non-hydrogen) atoms. The molecule has 2 aromatic carbocycles. The van der Waals surface area contributed by atoms with Crippen LogP contribution in [0.15, 0.2) is 52.5 Å². The Morgan fingerprint density at radius 1 is 1.12 bits per heavy atom. The third-order valence-corrected chi connectivity index (χ3v) is 4.23. The van der Waals surface area contributed by atoms with E-state index >= 15 is 0 Å². The second kappa shape index (κ2) is 8.05. The first-order chi connectivity index (χ1) is 12.6. The van der Waals surface area contributed by atoms with Gasteiger partial charge in [0.15, 0.2) is 11.5 Å². The highest BCUT2D eigenvalue weighted by Crippen LogP contribution is 2.35. The SMILES string of the molecule is CCOc1cccc2c1OCC(C(=O)NNC(=O)c1ccc(Br)cc1)=C2. The molecule has 0 aromatic heterocycles. The van der Waals surface area contributed by atoms with E-state index in [2.05, 4.69) is 26.8 Å². The van der Waals surface area contributed by atoms with E-state index in [0.717, 1.165) is 10.0 Å².